The smallest absolute Gasteiger partial charge is 0.254 e. The molecule has 2 aromatic heterocycles. The Morgan fingerprint density at radius 3 is 2.75 bits per heavy atom. The molecular weight excluding hydrogens is 156 g/mol. The van der Waals surface area contributed by atoms with Crippen molar-refractivity contribution in [3.63, 3.8) is 0 Å². The van der Waals surface area contributed by atoms with Gasteiger partial charge in [-0.05, 0) is 17.4 Å². The summed E-state index contributed by atoms with van der Waals surface area (Å²) in [5.41, 5.74) is 0. The van der Waals surface area contributed by atoms with E-state index in [0.717, 1.165) is 5.82 Å². The molecule has 0 radical (unpaired) electrons. The summed E-state index contributed by atoms with van der Waals surface area (Å²) in [5, 5.41) is 11.1. The van der Waals surface area contributed by atoms with Crippen LogP contribution in [0.25, 0.3) is 5.95 Å². The predicted molar refractivity (Wildman–Crippen MR) is 40.7 cm³/mol. The molecule has 12 heavy (non-hydrogen) atoms. The fourth-order valence-electron chi connectivity index (χ4n) is 1.02. The van der Waals surface area contributed by atoms with Gasteiger partial charge < -0.3 is 0 Å². The van der Waals surface area contributed by atoms with Gasteiger partial charge in [-0.3, -0.25) is 4.57 Å². The Morgan fingerprint density at radius 2 is 2.25 bits per heavy atom. The van der Waals surface area contributed by atoms with Crippen LogP contribution in [0.4, 0.5) is 0 Å². The highest BCUT2D eigenvalue weighted by atomic mass is 15.6. The second-order valence-corrected chi connectivity index (χ2v) is 2.45. The summed E-state index contributed by atoms with van der Waals surface area (Å²) in [6.45, 7) is 1.90. The van der Waals surface area contributed by atoms with Crippen LogP contribution in [-0.2, 0) is 7.05 Å². The van der Waals surface area contributed by atoms with Crippen LogP contribution in [0, 0.1) is 6.92 Å². The molecule has 6 heteroatoms. The Hall–Kier alpha value is -1.72. The third-order valence-electron chi connectivity index (χ3n) is 1.64. The minimum Gasteiger partial charge on any atom is -0.271 e. The zero-order valence-electron chi connectivity index (χ0n) is 6.84. The average molecular weight is 164 g/mol. The third-order valence-corrected chi connectivity index (χ3v) is 1.64. The first kappa shape index (κ1) is 6.96. The lowest BCUT2D eigenvalue weighted by atomic mass is 10.7. The van der Waals surface area contributed by atoms with E-state index >= 15 is 0 Å². The molecule has 0 saturated heterocycles. The van der Waals surface area contributed by atoms with Crippen LogP contribution in [-0.4, -0.2) is 29.8 Å². The van der Waals surface area contributed by atoms with Crippen LogP contribution in [0.5, 0.6) is 0 Å². The van der Waals surface area contributed by atoms with Crippen LogP contribution >= 0.6 is 0 Å². The lowest BCUT2D eigenvalue weighted by Gasteiger charge is -1.99. The molecule has 62 valence electrons. The van der Waals surface area contributed by atoms with Gasteiger partial charge in [0.1, 0.15) is 5.82 Å². The molecule has 0 fully saturated rings. The van der Waals surface area contributed by atoms with Crippen LogP contribution in [0.3, 0.4) is 0 Å². The molecule has 0 unspecified atom stereocenters. The monoisotopic (exact) mass is 164 g/mol. The highest BCUT2D eigenvalue weighted by Crippen LogP contribution is 2.02. The quantitative estimate of drug-likeness (QED) is 0.580. The van der Waals surface area contributed by atoms with Gasteiger partial charge in [-0.1, -0.05) is 5.10 Å². The number of hydrogen-bond acceptors (Lipinski definition) is 4. The molecule has 0 aliphatic rings. The zero-order valence-corrected chi connectivity index (χ0v) is 6.84. The van der Waals surface area contributed by atoms with Gasteiger partial charge in [-0.15, -0.1) is 0 Å². The van der Waals surface area contributed by atoms with E-state index in [1.165, 1.54) is 0 Å². The third kappa shape index (κ3) is 0.884. The molecule has 2 heterocycles. The maximum atomic E-state index is 4.07. The molecule has 0 aromatic carbocycles. The van der Waals surface area contributed by atoms with Crippen molar-refractivity contribution >= 4 is 0 Å². The lowest BCUT2D eigenvalue weighted by molar-refractivity contribution is 0.687. The van der Waals surface area contributed by atoms with Crippen molar-refractivity contribution in [1.82, 2.24) is 29.8 Å². The SMILES string of the molecule is Cc1nccn1-c1nnnn1C. The van der Waals surface area contributed by atoms with Crippen molar-refractivity contribution < 1.29 is 0 Å². The summed E-state index contributed by atoms with van der Waals surface area (Å²) in [4.78, 5) is 4.07. The second kappa shape index (κ2) is 2.40. The summed E-state index contributed by atoms with van der Waals surface area (Å²) in [6.07, 6.45) is 3.53. The standard InChI is InChI=1S/C6H8N6/c1-5-7-3-4-12(5)6-8-9-10-11(6)2/h3-4H,1-2H3. The fraction of sp³-hybridized carbons (Fsp3) is 0.333. The second-order valence-electron chi connectivity index (χ2n) is 2.45. The van der Waals surface area contributed by atoms with Gasteiger partial charge in [0.05, 0.1) is 0 Å². The molecule has 0 N–H and O–H groups in total. The summed E-state index contributed by atoms with van der Waals surface area (Å²) in [5.74, 6) is 1.54. The van der Waals surface area contributed by atoms with E-state index in [0.29, 0.717) is 5.95 Å². The molecule has 0 spiro atoms. The van der Waals surface area contributed by atoms with E-state index < -0.39 is 0 Å². The van der Waals surface area contributed by atoms with Crippen LogP contribution in [0.2, 0.25) is 0 Å². The first-order valence-corrected chi connectivity index (χ1v) is 3.51. The first-order valence-electron chi connectivity index (χ1n) is 3.51. The van der Waals surface area contributed by atoms with E-state index in [2.05, 4.69) is 20.5 Å². The van der Waals surface area contributed by atoms with E-state index in [-0.39, 0.29) is 0 Å². The van der Waals surface area contributed by atoms with Gasteiger partial charge in [-0.25, -0.2) is 9.67 Å². The van der Waals surface area contributed by atoms with Crippen molar-refractivity contribution in [3.8, 4) is 5.95 Å². The summed E-state index contributed by atoms with van der Waals surface area (Å²) in [6, 6.07) is 0. The zero-order chi connectivity index (χ0) is 8.55. The molecular formula is C6H8N6. The summed E-state index contributed by atoms with van der Waals surface area (Å²) >= 11 is 0. The van der Waals surface area contributed by atoms with Gasteiger partial charge >= 0.3 is 0 Å². The van der Waals surface area contributed by atoms with Crippen molar-refractivity contribution in [2.75, 3.05) is 0 Å². The largest absolute Gasteiger partial charge is 0.271 e. The van der Waals surface area contributed by atoms with E-state index in [9.17, 15) is 0 Å². The van der Waals surface area contributed by atoms with Gasteiger partial charge in [-0.2, -0.15) is 0 Å². The highest BCUT2D eigenvalue weighted by Gasteiger charge is 2.05. The summed E-state index contributed by atoms with van der Waals surface area (Å²) in [7, 11) is 1.79. The van der Waals surface area contributed by atoms with E-state index in [4.69, 9.17) is 0 Å². The molecule has 0 aliphatic heterocycles. The first-order chi connectivity index (χ1) is 5.79. The minimum absolute atomic E-state index is 0.671. The van der Waals surface area contributed by atoms with Gasteiger partial charge in [0.25, 0.3) is 5.95 Å². The number of imidazole rings is 1. The number of aryl methyl sites for hydroxylation is 2. The normalized spacial score (nSPS) is 10.5. The molecule has 2 rings (SSSR count). The van der Waals surface area contributed by atoms with Crippen molar-refractivity contribution in [2.24, 2.45) is 7.05 Å². The highest BCUT2D eigenvalue weighted by molar-refractivity contribution is 5.11. The number of nitrogens with zero attached hydrogens (tertiary/aromatic N) is 6. The number of hydrogen-bond donors (Lipinski definition) is 0. The Labute approximate surface area is 68.8 Å². The molecule has 0 atom stereocenters. The average Bonchev–Trinajstić information content (AvgIpc) is 2.59. The molecule has 0 amide bonds. The Kier molecular flexibility index (Phi) is 1.39. The Bertz CT molecular complexity index is 348. The van der Waals surface area contributed by atoms with E-state index in [1.807, 2.05) is 17.7 Å². The summed E-state index contributed by atoms with van der Waals surface area (Å²) < 4.78 is 3.41. The molecule has 6 nitrogen and oxygen atoms in total. The fourth-order valence-corrected chi connectivity index (χ4v) is 1.02. The van der Waals surface area contributed by atoms with Gasteiger partial charge in [0.2, 0.25) is 0 Å². The Morgan fingerprint density at radius 1 is 1.42 bits per heavy atom. The number of tetrazole rings is 1. The molecule has 0 aliphatic carbocycles. The van der Waals surface area contributed by atoms with Crippen molar-refractivity contribution in [1.29, 1.82) is 0 Å². The molecule has 2 aromatic rings. The molecule has 0 bridgehead atoms. The van der Waals surface area contributed by atoms with Crippen LogP contribution < -0.4 is 0 Å². The topological polar surface area (TPSA) is 61.4 Å². The van der Waals surface area contributed by atoms with Crippen LogP contribution in [0.15, 0.2) is 12.4 Å². The van der Waals surface area contributed by atoms with E-state index in [1.54, 1.807) is 17.9 Å². The minimum atomic E-state index is 0.671. The maximum absolute atomic E-state index is 4.07. The number of aromatic nitrogens is 6. The Balaban J connectivity index is 2.57. The molecule has 0 saturated carbocycles. The maximum Gasteiger partial charge on any atom is 0.254 e. The number of rotatable bonds is 1. The lowest BCUT2D eigenvalue weighted by Crippen LogP contribution is -2.04. The van der Waals surface area contributed by atoms with Crippen LogP contribution in [0.1, 0.15) is 5.82 Å². The van der Waals surface area contributed by atoms with Crippen molar-refractivity contribution in [2.45, 2.75) is 6.92 Å². The van der Waals surface area contributed by atoms with Crippen molar-refractivity contribution in [3.05, 3.63) is 18.2 Å². The predicted octanol–water partition coefficient (Wildman–Crippen LogP) is -0.296. The van der Waals surface area contributed by atoms with Gasteiger partial charge in [0.15, 0.2) is 0 Å². The van der Waals surface area contributed by atoms with Gasteiger partial charge in [0, 0.05) is 19.4 Å².